The zero-order valence-corrected chi connectivity index (χ0v) is 16.2. The van der Waals surface area contributed by atoms with Crippen LogP contribution in [-0.4, -0.2) is 31.5 Å². The van der Waals surface area contributed by atoms with Crippen molar-refractivity contribution in [1.82, 2.24) is 14.8 Å². The van der Waals surface area contributed by atoms with Crippen LogP contribution in [0.25, 0.3) is 10.2 Å². The van der Waals surface area contributed by atoms with Crippen LogP contribution in [0.1, 0.15) is 26.6 Å². The standard InChI is InChI=1S/C16H13F3N6O4S/c1-6-3-9(16(17,18)19)21-15-11(6)12(13(30-15)14(20)27)22-10(26)5-24-4-8(25(28)29)7(2)23-24/h3-4H,5H2,1-2H3,(H2,20,27)(H,22,26). The monoisotopic (exact) mass is 442 g/mol. The Labute approximate surface area is 169 Å². The number of thiophene rings is 1. The molecule has 3 aromatic heterocycles. The van der Waals surface area contributed by atoms with Crippen LogP contribution >= 0.6 is 11.3 Å². The van der Waals surface area contributed by atoms with Crippen LogP contribution in [0.4, 0.5) is 24.5 Å². The van der Waals surface area contributed by atoms with Gasteiger partial charge in [-0.1, -0.05) is 0 Å². The van der Waals surface area contributed by atoms with E-state index in [1.807, 2.05) is 0 Å². The summed E-state index contributed by atoms with van der Waals surface area (Å²) in [6.45, 7) is 2.35. The number of nitrogens with one attached hydrogen (secondary N) is 1. The first-order valence-electron chi connectivity index (χ1n) is 8.18. The van der Waals surface area contributed by atoms with E-state index >= 15 is 0 Å². The van der Waals surface area contributed by atoms with Crippen molar-refractivity contribution in [1.29, 1.82) is 0 Å². The molecule has 0 saturated heterocycles. The van der Waals surface area contributed by atoms with Crippen LogP contribution in [0, 0.1) is 24.0 Å². The van der Waals surface area contributed by atoms with Gasteiger partial charge in [-0.3, -0.25) is 24.4 Å². The highest BCUT2D eigenvalue weighted by molar-refractivity contribution is 7.21. The van der Waals surface area contributed by atoms with Crippen molar-refractivity contribution in [3.63, 3.8) is 0 Å². The Morgan fingerprint density at radius 1 is 1.37 bits per heavy atom. The van der Waals surface area contributed by atoms with Crippen LogP contribution in [-0.2, 0) is 17.5 Å². The summed E-state index contributed by atoms with van der Waals surface area (Å²) in [5.74, 6) is -1.67. The molecule has 3 rings (SSSR count). The number of nitrogens with two attached hydrogens (primary N) is 1. The quantitative estimate of drug-likeness (QED) is 0.459. The second kappa shape index (κ2) is 7.37. The van der Waals surface area contributed by atoms with Gasteiger partial charge in [0.2, 0.25) is 5.91 Å². The van der Waals surface area contributed by atoms with Crippen molar-refractivity contribution in [2.45, 2.75) is 26.6 Å². The van der Waals surface area contributed by atoms with Gasteiger partial charge in [-0.05, 0) is 25.5 Å². The molecule has 14 heteroatoms. The van der Waals surface area contributed by atoms with Crippen molar-refractivity contribution >= 4 is 44.7 Å². The Hall–Kier alpha value is -3.55. The lowest BCUT2D eigenvalue weighted by Gasteiger charge is -2.09. The molecule has 2 amide bonds. The lowest BCUT2D eigenvalue weighted by atomic mass is 10.1. The average molecular weight is 442 g/mol. The topological polar surface area (TPSA) is 146 Å². The van der Waals surface area contributed by atoms with E-state index in [0.717, 1.165) is 16.9 Å². The molecule has 0 aliphatic rings. The van der Waals surface area contributed by atoms with E-state index in [4.69, 9.17) is 5.73 Å². The summed E-state index contributed by atoms with van der Waals surface area (Å²) < 4.78 is 40.1. The summed E-state index contributed by atoms with van der Waals surface area (Å²) >= 11 is 0.623. The van der Waals surface area contributed by atoms with E-state index in [2.05, 4.69) is 15.4 Å². The summed E-state index contributed by atoms with van der Waals surface area (Å²) in [6.07, 6.45) is -3.62. The van der Waals surface area contributed by atoms with Crippen LogP contribution < -0.4 is 11.1 Å². The third-order valence-electron chi connectivity index (χ3n) is 4.06. The molecule has 0 saturated carbocycles. The zero-order chi connectivity index (χ0) is 22.4. The number of nitrogens with zero attached hydrogens (tertiary/aromatic N) is 4. The van der Waals surface area contributed by atoms with E-state index in [-0.39, 0.29) is 37.7 Å². The molecule has 0 radical (unpaired) electrons. The Morgan fingerprint density at radius 3 is 2.57 bits per heavy atom. The number of anilines is 1. The molecule has 158 valence electrons. The minimum Gasteiger partial charge on any atom is -0.365 e. The minimum absolute atomic E-state index is 0.0652. The number of alkyl halides is 3. The Balaban J connectivity index is 1.99. The maximum Gasteiger partial charge on any atom is 0.433 e. The average Bonchev–Trinajstić information content (AvgIpc) is 3.15. The molecule has 30 heavy (non-hydrogen) atoms. The number of hydrogen-bond acceptors (Lipinski definition) is 7. The number of aromatic nitrogens is 3. The molecule has 10 nitrogen and oxygen atoms in total. The Kier molecular flexibility index (Phi) is 5.20. The van der Waals surface area contributed by atoms with Crippen LogP contribution in [0.3, 0.4) is 0 Å². The fourth-order valence-corrected chi connectivity index (χ4v) is 3.87. The van der Waals surface area contributed by atoms with Crippen molar-refractivity contribution in [2.75, 3.05) is 5.32 Å². The molecule has 0 aromatic carbocycles. The largest absolute Gasteiger partial charge is 0.433 e. The van der Waals surface area contributed by atoms with Gasteiger partial charge in [-0.2, -0.15) is 18.3 Å². The van der Waals surface area contributed by atoms with Crippen molar-refractivity contribution in [3.05, 3.63) is 44.2 Å². The number of carbonyl (C=O) groups is 2. The van der Waals surface area contributed by atoms with Crippen LogP contribution in [0.5, 0.6) is 0 Å². The second-order valence-corrected chi connectivity index (χ2v) is 7.27. The fraction of sp³-hybridized carbons (Fsp3) is 0.250. The number of nitro groups is 1. The molecule has 0 fully saturated rings. The molecule has 0 unspecified atom stereocenters. The molecule has 3 N–H and O–H groups in total. The highest BCUT2D eigenvalue weighted by Crippen LogP contribution is 2.39. The van der Waals surface area contributed by atoms with Crippen LogP contribution in [0.2, 0.25) is 0 Å². The summed E-state index contributed by atoms with van der Waals surface area (Å²) in [6, 6.07) is 0.801. The second-order valence-electron chi connectivity index (χ2n) is 6.28. The van der Waals surface area contributed by atoms with E-state index in [1.54, 1.807) is 0 Å². The number of halogens is 3. The van der Waals surface area contributed by atoms with Crippen LogP contribution in [0.15, 0.2) is 12.3 Å². The Bertz CT molecular complexity index is 1200. The van der Waals surface area contributed by atoms with Gasteiger partial charge in [0.1, 0.15) is 33.8 Å². The predicted octanol–water partition coefficient (Wildman–Crippen LogP) is 2.77. The maximum atomic E-state index is 13.0. The van der Waals surface area contributed by atoms with Gasteiger partial charge in [0.15, 0.2) is 0 Å². The molecule has 0 spiro atoms. The van der Waals surface area contributed by atoms with Gasteiger partial charge in [-0.15, -0.1) is 11.3 Å². The third-order valence-corrected chi connectivity index (χ3v) is 5.16. The number of pyridine rings is 1. The molecule has 0 atom stereocenters. The lowest BCUT2D eigenvalue weighted by Crippen LogP contribution is -2.21. The fourth-order valence-electron chi connectivity index (χ4n) is 2.81. The normalized spacial score (nSPS) is 11.6. The maximum absolute atomic E-state index is 13.0. The summed E-state index contributed by atoms with van der Waals surface area (Å²) in [5.41, 5.74) is 4.08. The Morgan fingerprint density at radius 2 is 2.03 bits per heavy atom. The van der Waals surface area contributed by atoms with Gasteiger partial charge >= 0.3 is 11.9 Å². The van der Waals surface area contributed by atoms with Crippen molar-refractivity contribution < 1.29 is 27.7 Å². The molecule has 0 aliphatic carbocycles. The molecule has 3 heterocycles. The molecule has 3 aromatic rings. The SMILES string of the molecule is Cc1nn(CC(=O)Nc2c(C(N)=O)sc3nc(C(F)(F)F)cc(C)c23)cc1[N+](=O)[O-]. The lowest BCUT2D eigenvalue weighted by molar-refractivity contribution is -0.385. The molecular weight excluding hydrogens is 429 g/mol. The summed E-state index contributed by atoms with van der Waals surface area (Å²) in [7, 11) is 0. The van der Waals surface area contributed by atoms with Gasteiger partial charge in [-0.25, -0.2) is 4.98 Å². The smallest absolute Gasteiger partial charge is 0.365 e. The van der Waals surface area contributed by atoms with Crippen molar-refractivity contribution in [3.8, 4) is 0 Å². The number of primary amides is 1. The van der Waals surface area contributed by atoms with Crippen molar-refractivity contribution in [2.24, 2.45) is 5.73 Å². The van der Waals surface area contributed by atoms with E-state index in [1.165, 1.54) is 13.8 Å². The zero-order valence-electron chi connectivity index (χ0n) is 15.4. The minimum atomic E-state index is -4.69. The highest BCUT2D eigenvalue weighted by Gasteiger charge is 2.34. The molecule has 0 aliphatic heterocycles. The van der Waals surface area contributed by atoms with E-state index < -0.39 is 35.2 Å². The summed E-state index contributed by atoms with van der Waals surface area (Å²) in [5, 5.41) is 17.3. The highest BCUT2D eigenvalue weighted by atomic mass is 32.1. The first kappa shape index (κ1) is 21.2. The predicted molar refractivity (Wildman–Crippen MR) is 100 cm³/mol. The van der Waals surface area contributed by atoms with E-state index in [0.29, 0.717) is 11.3 Å². The third kappa shape index (κ3) is 3.94. The first-order valence-corrected chi connectivity index (χ1v) is 8.99. The number of hydrogen-bond donors (Lipinski definition) is 2. The first-order chi connectivity index (χ1) is 13.9. The van der Waals surface area contributed by atoms with Gasteiger partial charge in [0.25, 0.3) is 5.91 Å². The number of fused-ring (bicyclic) bond motifs is 1. The van der Waals surface area contributed by atoms with Gasteiger partial charge < -0.3 is 11.1 Å². The number of carbonyl (C=O) groups excluding carboxylic acids is 2. The molecule has 0 bridgehead atoms. The number of amides is 2. The molecular formula is C16H13F3N6O4S. The number of rotatable bonds is 5. The summed E-state index contributed by atoms with van der Waals surface area (Å²) in [4.78, 5) is 37.7. The van der Waals surface area contributed by atoms with E-state index in [9.17, 15) is 32.9 Å². The van der Waals surface area contributed by atoms with Gasteiger partial charge in [0.05, 0.1) is 10.6 Å². The van der Waals surface area contributed by atoms with Gasteiger partial charge in [0, 0.05) is 5.39 Å². The number of aryl methyl sites for hydroxylation is 2.